The van der Waals surface area contributed by atoms with Crippen molar-refractivity contribution >= 4 is 5.91 Å². The number of pyridine rings is 1. The molecule has 0 bridgehead atoms. The fraction of sp³-hybridized carbons (Fsp3) is 0.407. The average molecular weight is 450 g/mol. The molecule has 33 heavy (non-hydrogen) atoms. The molecule has 1 saturated heterocycles. The third kappa shape index (κ3) is 8.39. The fourth-order valence-corrected chi connectivity index (χ4v) is 3.85. The molecule has 1 aliphatic heterocycles. The molecule has 0 spiro atoms. The van der Waals surface area contributed by atoms with E-state index in [0.717, 1.165) is 50.4 Å². The van der Waals surface area contributed by atoms with Gasteiger partial charge in [-0.1, -0.05) is 50.2 Å². The molecule has 0 atom stereocenters. The predicted molar refractivity (Wildman–Crippen MR) is 130 cm³/mol. The monoisotopic (exact) mass is 449 g/mol. The van der Waals surface area contributed by atoms with Gasteiger partial charge in [0.2, 0.25) is 5.88 Å². The topological polar surface area (TPSA) is 63.7 Å². The van der Waals surface area contributed by atoms with Crippen molar-refractivity contribution in [3.63, 3.8) is 0 Å². The number of hydrogen-bond acceptors (Lipinski definition) is 5. The summed E-state index contributed by atoms with van der Waals surface area (Å²) in [7, 11) is 0. The fourth-order valence-electron chi connectivity index (χ4n) is 3.85. The molecule has 1 aromatic carbocycles. The van der Waals surface area contributed by atoms with Crippen LogP contribution in [-0.4, -0.2) is 41.5 Å². The number of ether oxygens (including phenoxy) is 2. The summed E-state index contributed by atoms with van der Waals surface area (Å²) >= 11 is 0. The molecule has 2 aliphatic rings. The molecule has 0 saturated carbocycles. The van der Waals surface area contributed by atoms with Crippen molar-refractivity contribution < 1.29 is 14.3 Å². The summed E-state index contributed by atoms with van der Waals surface area (Å²) in [5.74, 6) is 2.18. The second kappa shape index (κ2) is 13.4. The number of carbonyl (C=O) groups excluding carboxylic acids is 1. The Morgan fingerprint density at radius 3 is 2.36 bits per heavy atom. The summed E-state index contributed by atoms with van der Waals surface area (Å²) in [6, 6.07) is 16.3. The summed E-state index contributed by atoms with van der Waals surface area (Å²) in [5, 5.41) is 3.12. The smallest absolute Gasteiger partial charge is 0.258 e. The molecule has 4 rings (SSSR count). The van der Waals surface area contributed by atoms with E-state index in [4.69, 9.17) is 9.47 Å². The number of allylic oxidation sites excluding steroid dienone is 4. The van der Waals surface area contributed by atoms with Crippen molar-refractivity contribution in [2.24, 2.45) is 0 Å². The van der Waals surface area contributed by atoms with E-state index in [1.165, 1.54) is 5.56 Å². The van der Waals surface area contributed by atoms with Gasteiger partial charge in [-0.05, 0) is 36.6 Å². The van der Waals surface area contributed by atoms with Gasteiger partial charge in [-0.25, -0.2) is 4.98 Å². The number of likely N-dealkylation sites (tertiary alicyclic amines) is 1. The number of nitrogens with one attached hydrogen (secondary N) is 1. The highest BCUT2D eigenvalue weighted by Gasteiger charge is 2.21. The zero-order valence-corrected chi connectivity index (χ0v) is 19.7. The summed E-state index contributed by atoms with van der Waals surface area (Å²) in [6.07, 6.45) is 8.84. The lowest BCUT2D eigenvalue weighted by Crippen LogP contribution is -2.45. The minimum atomic E-state index is -0.0538. The number of piperidine rings is 1. The van der Waals surface area contributed by atoms with Gasteiger partial charge in [0, 0.05) is 50.8 Å². The molecule has 1 amide bonds. The molecule has 6 heteroatoms. The van der Waals surface area contributed by atoms with Gasteiger partial charge in [0.05, 0.1) is 5.76 Å². The van der Waals surface area contributed by atoms with Gasteiger partial charge in [-0.3, -0.25) is 9.69 Å². The van der Waals surface area contributed by atoms with Crippen LogP contribution < -0.4 is 10.1 Å². The van der Waals surface area contributed by atoms with Crippen molar-refractivity contribution in [1.29, 1.82) is 0 Å². The number of hydrogen-bond donors (Lipinski definition) is 1. The SMILES string of the molecule is CC.O=C(COC1=CC=C(Oc2ccccn2)CC1)NC1CCN(Cc2ccccc2)CC1. The van der Waals surface area contributed by atoms with Gasteiger partial charge in [0.25, 0.3) is 5.91 Å². The summed E-state index contributed by atoms with van der Waals surface area (Å²) in [6.45, 7) is 7.02. The number of carbonyl (C=O) groups is 1. The van der Waals surface area contributed by atoms with Gasteiger partial charge in [0.1, 0.15) is 5.76 Å². The van der Waals surface area contributed by atoms with E-state index in [0.29, 0.717) is 12.3 Å². The van der Waals surface area contributed by atoms with Gasteiger partial charge in [0.15, 0.2) is 6.61 Å². The first kappa shape index (κ1) is 24.5. The molecule has 176 valence electrons. The maximum Gasteiger partial charge on any atom is 0.258 e. The molecular weight excluding hydrogens is 414 g/mol. The maximum absolute atomic E-state index is 12.3. The highest BCUT2D eigenvalue weighted by molar-refractivity contribution is 5.77. The van der Waals surface area contributed by atoms with Crippen LogP contribution in [0.4, 0.5) is 0 Å². The second-order valence-corrected chi connectivity index (χ2v) is 7.93. The van der Waals surface area contributed by atoms with E-state index in [9.17, 15) is 4.79 Å². The first-order chi connectivity index (χ1) is 16.2. The Morgan fingerprint density at radius 2 is 1.70 bits per heavy atom. The van der Waals surface area contributed by atoms with Crippen LogP contribution >= 0.6 is 0 Å². The van der Waals surface area contributed by atoms with Gasteiger partial charge < -0.3 is 14.8 Å². The van der Waals surface area contributed by atoms with E-state index < -0.39 is 0 Å². The van der Waals surface area contributed by atoms with E-state index >= 15 is 0 Å². The zero-order valence-electron chi connectivity index (χ0n) is 19.7. The summed E-state index contributed by atoms with van der Waals surface area (Å²) < 4.78 is 11.5. The van der Waals surface area contributed by atoms with Gasteiger partial charge in [-0.15, -0.1) is 0 Å². The Labute approximate surface area is 197 Å². The zero-order chi connectivity index (χ0) is 23.3. The van der Waals surface area contributed by atoms with E-state index in [2.05, 4.69) is 39.5 Å². The first-order valence-electron chi connectivity index (χ1n) is 11.9. The van der Waals surface area contributed by atoms with Crippen LogP contribution in [0.5, 0.6) is 5.88 Å². The quantitative estimate of drug-likeness (QED) is 0.624. The minimum Gasteiger partial charge on any atom is -0.488 e. The molecule has 1 fully saturated rings. The van der Waals surface area contributed by atoms with Crippen LogP contribution in [0.2, 0.25) is 0 Å². The van der Waals surface area contributed by atoms with Crippen molar-refractivity contribution in [2.75, 3.05) is 19.7 Å². The van der Waals surface area contributed by atoms with Crippen molar-refractivity contribution in [3.05, 3.63) is 84.0 Å². The molecule has 1 N–H and O–H groups in total. The number of nitrogens with zero attached hydrogens (tertiary/aromatic N) is 2. The van der Waals surface area contributed by atoms with Gasteiger partial charge in [-0.2, -0.15) is 0 Å². The highest BCUT2D eigenvalue weighted by Crippen LogP contribution is 2.21. The van der Waals surface area contributed by atoms with Crippen LogP contribution in [0.25, 0.3) is 0 Å². The van der Waals surface area contributed by atoms with Crippen LogP contribution in [0.1, 0.15) is 45.1 Å². The summed E-state index contributed by atoms with van der Waals surface area (Å²) in [4.78, 5) is 18.9. The Balaban J connectivity index is 0.00000149. The molecule has 2 aromatic rings. The minimum absolute atomic E-state index is 0.0538. The Morgan fingerprint density at radius 1 is 1.00 bits per heavy atom. The molecule has 1 aliphatic carbocycles. The number of benzene rings is 1. The van der Waals surface area contributed by atoms with Crippen molar-refractivity contribution in [1.82, 2.24) is 15.2 Å². The molecule has 0 unspecified atom stereocenters. The Kier molecular flexibility index (Phi) is 9.98. The third-order valence-corrected chi connectivity index (χ3v) is 5.54. The average Bonchev–Trinajstić information content (AvgIpc) is 2.87. The highest BCUT2D eigenvalue weighted by atomic mass is 16.5. The Hall–Kier alpha value is -3.12. The first-order valence-corrected chi connectivity index (χ1v) is 11.9. The van der Waals surface area contributed by atoms with Crippen LogP contribution in [-0.2, 0) is 16.1 Å². The normalized spacial score (nSPS) is 16.5. The van der Waals surface area contributed by atoms with Crippen LogP contribution in [0, 0.1) is 0 Å². The van der Waals surface area contributed by atoms with E-state index in [1.54, 1.807) is 6.20 Å². The molecular formula is C27H35N3O3. The van der Waals surface area contributed by atoms with Gasteiger partial charge >= 0.3 is 0 Å². The number of amides is 1. The van der Waals surface area contributed by atoms with Crippen molar-refractivity contribution in [2.45, 2.75) is 52.1 Å². The standard InChI is InChI=1S/C25H29N3O3.C2H6/c29-24(27-21-13-16-28(17-14-21)18-20-6-2-1-3-7-20)19-30-22-9-11-23(12-10-22)31-25-8-4-5-15-26-25;1-2/h1-9,11,15,21H,10,12-14,16-19H2,(H,27,29);1-2H3. The van der Waals surface area contributed by atoms with Crippen molar-refractivity contribution in [3.8, 4) is 5.88 Å². The molecule has 2 heterocycles. The lowest BCUT2D eigenvalue weighted by molar-refractivity contribution is -0.125. The number of rotatable bonds is 8. The predicted octanol–water partition coefficient (Wildman–Crippen LogP) is 4.85. The van der Waals surface area contributed by atoms with E-state index in [-0.39, 0.29) is 18.6 Å². The largest absolute Gasteiger partial charge is 0.488 e. The lowest BCUT2D eigenvalue weighted by atomic mass is 10.0. The summed E-state index contributed by atoms with van der Waals surface area (Å²) in [5.41, 5.74) is 1.33. The lowest BCUT2D eigenvalue weighted by Gasteiger charge is -2.32. The Bertz CT molecular complexity index is 905. The molecule has 6 nitrogen and oxygen atoms in total. The maximum atomic E-state index is 12.3. The van der Waals surface area contributed by atoms with Crippen LogP contribution in [0.15, 0.2) is 78.4 Å². The number of aromatic nitrogens is 1. The molecule has 1 aromatic heterocycles. The van der Waals surface area contributed by atoms with E-state index in [1.807, 2.05) is 50.3 Å². The second-order valence-electron chi connectivity index (χ2n) is 7.93. The molecule has 0 radical (unpaired) electrons. The third-order valence-electron chi connectivity index (χ3n) is 5.54. The van der Waals surface area contributed by atoms with Crippen LogP contribution in [0.3, 0.4) is 0 Å².